The molecule has 0 spiro atoms. The van der Waals surface area contributed by atoms with Crippen molar-refractivity contribution >= 4 is 5.97 Å². The molecular formula is C13H27NO3. The van der Waals surface area contributed by atoms with E-state index in [1.165, 1.54) is 0 Å². The van der Waals surface area contributed by atoms with Gasteiger partial charge in [0.15, 0.2) is 0 Å². The Morgan fingerprint density at radius 3 is 2.29 bits per heavy atom. The van der Waals surface area contributed by atoms with Crippen LogP contribution >= 0.6 is 0 Å². The summed E-state index contributed by atoms with van der Waals surface area (Å²) in [6.07, 6.45) is -0.677. The van der Waals surface area contributed by atoms with Crippen molar-refractivity contribution in [3.05, 3.63) is 0 Å². The fourth-order valence-corrected chi connectivity index (χ4v) is 1.52. The monoisotopic (exact) mass is 245 g/mol. The van der Waals surface area contributed by atoms with E-state index in [9.17, 15) is 9.90 Å². The number of rotatable bonds is 6. The van der Waals surface area contributed by atoms with Crippen LogP contribution in [0.4, 0.5) is 0 Å². The third kappa shape index (κ3) is 6.64. The van der Waals surface area contributed by atoms with Crippen LogP contribution < -0.4 is 5.32 Å². The SMILES string of the molecule is CCNC[C@H](C)[C@H](O)[C@@H](C)C(=O)OC(C)(C)C. The molecule has 0 heterocycles. The highest BCUT2D eigenvalue weighted by molar-refractivity contribution is 5.73. The second-order valence-electron chi connectivity index (χ2n) is 5.60. The molecule has 2 N–H and O–H groups in total. The van der Waals surface area contributed by atoms with Crippen molar-refractivity contribution in [2.75, 3.05) is 13.1 Å². The van der Waals surface area contributed by atoms with Gasteiger partial charge < -0.3 is 15.2 Å². The number of aliphatic hydroxyl groups is 1. The molecule has 0 amide bonds. The minimum atomic E-state index is -0.677. The first-order valence-electron chi connectivity index (χ1n) is 6.30. The van der Waals surface area contributed by atoms with E-state index in [0.717, 1.165) is 6.54 Å². The van der Waals surface area contributed by atoms with E-state index in [0.29, 0.717) is 6.54 Å². The third-order valence-electron chi connectivity index (χ3n) is 2.59. The Kier molecular flexibility index (Phi) is 6.72. The van der Waals surface area contributed by atoms with Gasteiger partial charge in [-0.15, -0.1) is 0 Å². The lowest BCUT2D eigenvalue weighted by Gasteiger charge is -2.27. The van der Waals surface area contributed by atoms with Gasteiger partial charge in [0.1, 0.15) is 5.60 Å². The molecule has 0 radical (unpaired) electrons. The number of aliphatic hydroxyl groups excluding tert-OH is 1. The Hall–Kier alpha value is -0.610. The number of hydrogen-bond acceptors (Lipinski definition) is 4. The lowest BCUT2D eigenvalue weighted by molar-refractivity contribution is -0.164. The first-order valence-corrected chi connectivity index (χ1v) is 6.30. The summed E-state index contributed by atoms with van der Waals surface area (Å²) in [5.74, 6) is -0.811. The molecule has 0 aromatic carbocycles. The van der Waals surface area contributed by atoms with Crippen LogP contribution in [0, 0.1) is 11.8 Å². The molecule has 0 aliphatic rings. The standard InChI is InChI=1S/C13H27NO3/c1-7-14-8-9(2)11(15)10(3)12(16)17-13(4,5)6/h9-11,14-15H,7-8H2,1-6H3/t9-,10+,11-/m0/s1. The average molecular weight is 245 g/mol. The molecule has 0 saturated carbocycles. The number of ether oxygens (including phenoxy) is 1. The summed E-state index contributed by atoms with van der Waals surface area (Å²) in [6, 6.07) is 0. The molecule has 0 aliphatic heterocycles. The minimum Gasteiger partial charge on any atom is -0.460 e. The number of nitrogens with one attached hydrogen (secondary N) is 1. The highest BCUT2D eigenvalue weighted by Gasteiger charge is 2.30. The summed E-state index contributed by atoms with van der Waals surface area (Å²) >= 11 is 0. The molecule has 0 fully saturated rings. The van der Waals surface area contributed by atoms with Crippen LogP contribution in [0.25, 0.3) is 0 Å². The van der Waals surface area contributed by atoms with Crippen LogP contribution in [-0.4, -0.2) is 35.9 Å². The third-order valence-corrected chi connectivity index (χ3v) is 2.59. The average Bonchev–Trinajstić information content (AvgIpc) is 2.21. The van der Waals surface area contributed by atoms with E-state index in [-0.39, 0.29) is 11.9 Å². The summed E-state index contributed by atoms with van der Waals surface area (Å²) in [7, 11) is 0. The molecule has 0 bridgehead atoms. The Morgan fingerprint density at radius 1 is 1.35 bits per heavy atom. The molecular weight excluding hydrogens is 218 g/mol. The zero-order valence-electron chi connectivity index (χ0n) is 11.9. The fourth-order valence-electron chi connectivity index (χ4n) is 1.52. The van der Waals surface area contributed by atoms with Crippen LogP contribution in [0.3, 0.4) is 0 Å². The van der Waals surface area contributed by atoms with Gasteiger partial charge >= 0.3 is 5.97 Å². The van der Waals surface area contributed by atoms with Crippen molar-refractivity contribution in [3.63, 3.8) is 0 Å². The zero-order chi connectivity index (χ0) is 13.6. The van der Waals surface area contributed by atoms with Crippen LogP contribution in [0.15, 0.2) is 0 Å². The topological polar surface area (TPSA) is 58.6 Å². The van der Waals surface area contributed by atoms with Gasteiger partial charge in [-0.25, -0.2) is 0 Å². The maximum atomic E-state index is 11.8. The highest BCUT2D eigenvalue weighted by Crippen LogP contribution is 2.17. The highest BCUT2D eigenvalue weighted by atomic mass is 16.6. The van der Waals surface area contributed by atoms with Crippen LogP contribution in [0.1, 0.15) is 41.5 Å². The molecule has 0 saturated heterocycles. The number of hydrogen-bond donors (Lipinski definition) is 2. The lowest BCUT2D eigenvalue weighted by Crippen LogP contribution is -2.39. The van der Waals surface area contributed by atoms with Crippen molar-refractivity contribution in [1.82, 2.24) is 5.32 Å². The molecule has 0 aromatic rings. The maximum absolute atomic E-state index is 11.8. The zero-order valence-corrected chi connectivity index (χ0v) is 11.9. The molecule has 0 aromatic heterocycles. The van der Waals surface area contributed by atoms with Gasteiger partial charge in [-0.3, -0.25) is 4.79 Å². The molecule has 0 rings (SSSR count). The van der Waals surface area contributed by atoms with Gasteiger partial charge in [-0.2, -0.15) is 0 Å². The summed E-state index contributed by atoms with van der Waals surface area (Å²) in [5, 5.41) is 13.2. The van der Waals surface area contributed by atoms with E-state index in [2.05, 4.69) is 5.32 Å². The van der Waals surface area contributed by atoms with E-state index in [4.69, 9.17) is 4.74 Å². The van der Waals surface area contributed by atoms with E-state index < -0.39 is 17.6 Å². The first-order chi connectivity index (χ1) is 7.69. The molecule has 3 atom stereocenters. The lowest BCUT2D eigenvalue weighted by atomic mass is 9.93. The Balaban J connectivity index is 4.28. The molecule has 0 unspecified atom stereocenters. The maximum Gasteiger partial charge on any atom is 0.311 e. The van der Waals surface area contributed by atoms with Crippen molar-refractivity contribution in [3.8, 4) is 0 Å². The normalized spacial score (nSPS) is 17.4. The molecule has 17 heavy (non-hydrogen) atoms. The Labute approximate surface area is 105 Å². The molecule has 0 aliphatic carbocycles. The largest absolute Gasteiger partial charge is 0.460 e. The van der Waals surface area contributed by atoms with Crippen molar-refractivity contribution in [2.45, 2.75) is 53.2 Å². The number of carbonyl (C=O) groups is 1. The quantitative estimate of drug-likeness (QED) is 0.697. The van der Waals surface area contributed by atoms with Crippen LogP contribution in [0.5, 0.6) is 0 Å². The number of carbonyl (C=O) groups excluding carboxylic acids is 1. The summed E-state index contributed by atoms with van der Waals surface area (Å²) in [4.78, 5) is 11.8. The van der Waals surface area contributed by atoms with E-state index in [1.807, 2.05) is 34.6 Å². The molecule has 102 valence electrons. The molecule has 4 nitrogen and oxygen atoms in total. The van der Waals surface area contributed by atoms with Crippen LogP contribution in [-0.2, 0) is 9.53 Å². The Morgan fingerprint density at radius 2 is 1.88 bits per heavy atom. The summed E-state index contributed by atoms with van der Waals surface area (Å²) in [6.45, 7) is 12.7. The van der Waals surface area contributed by atoms with Crippen molar-refractivity contribution < 1.29 is 14.6 Å². The predicted octanol–water partition coefficient (Wildman–Crippen LogP) is 1.57. The van der Waals surface area contributed by atoms with Crippen LogP contribution in [0.2, 0.25) is 0 Å². The van der Waals surface area contributed by atoms with Gasteiger partial charge in [-0.1, -0.05) is 13.8 Å². The van der Waals surface area contributed by atoms with Gasteiger partial charge in [-0.05, 0) is 40.2 Å². The van der Waals surface area contributed by atoms with E-state index >= 15 is 0 Å². The summed E-state index contributed by atoms with van der Waals surface area (Å²) in [5.41, 5.74) is -0.504. The fraction of sp³-hybridized carbons (Fsp3) is 0.923. The first kappa shape index (κ1) is 16.4. The van der Waals surface area contributed by atoms with E-state index in [1.54, 1.807) is 6.92 Å². The van der Waals surface area contributed by atoms with Gasteiger partial charge in [0.25, 0.3) is 0 Å². The van der Waals surface area contributed by atoms with Gasteiger partial charge in [0, 0.05) is 6.54 Å². The second-order valence-corrected chi connectivity index (χ2v) is 5.60. The van der Waals surface area contributed by atoms with Crippen molar-refractivity contribution in [1.29, 1.82) is 0 Å². The number of esters is 1. The summed E-state index contributed by atoms with van der Waals surface area (Å²) < 4.78 is 5.26. The minimum absolute atomic E-state index is 0.0254. The molecule has 4 heteroatoms. The van der Waals surface area contributed by atoms with Gasteiger partial charge in [0.2, 0.25) is 0 Å². The Bertz CT molecular complexity index is 235. The van der Waals surface area contributed by atoms with Crippen molar-refractivity contribution in [2.24, 2.45) is 11.8 Å². The van der Waals surface area contributed by atoms with Gasteiger partial charge in [0.05, 0.1) is 12.0 Å². The second kappa shape index (κ2) is 6.97. The smallest absolute Gasteiger partial charge is 0.311 e. The predicted molar refractivity (Wildman–Crippen MR) is 68.7 cm³/mol.